The van der Waals surface area contributed by atoms with Crippen molar-refractivity contribution in [3.05, 3.63) is 60.2 Å². The maximum Gasteiger partial charge on any atom is 0.143 e. The molecule has 0 atom stereocenters. The van der Waals surface area contributed by atoms with E-state index in [4.69, 9.17) is 0 Å². The van der Waals surface area contributed by atoms with Crippen molar-refractivity contribution in [1.82, 2.24) is 0 Å². The number of phenols is 1. The molecular weight excluding hydrogens is 328 g/mol. The molecule has 0 heterocycles. The largest absolute Gasteiger partial charge is 0.744 e. The molecule has 0 aliphatic carbocycles. The number of azo groups is 1. The van der Waals surface area contributed by atoms with Crippen LogP contribution in [0.4, 0.5) is 11.4 Å². The molecule has 0 bridgehead atoms. The Kier molecular flexibility index (Phi) is 4.04. The van der Waals surface area contributed by atoms with Crippen LogP contribution in [0.1, 0.15) is 5.56 Å². The van der Waals surface area contributed by atoms with Gasteiger partial charge in [-0.25, -0.2) is 8.42 Å². The first-order valence-electron chi connectivity index (χ1n) is 7.05. The fraction of sp³-hybridized carbons (Fsp3) is 0.0588. The van der Waals surface area contributed by atoms with Crippen molar-refractivity contribution in [3.63, 3.8) is 0 Å². The van der Waals surface area contributed by atoms with Crippen LogP contribution in [0, 0.1) is 6.92 Å². The van der Waals surface area contributed by atoms with Gasteiger partial charge in [0.05, 0.1) is 10.6 Å². The first-order valence-corrected chi connectivity index (χ1v) is 8.45. The van der Waals surface area contributed by atoms with Gasteiger partial charge in [-0.3, -0.25) is 0 Å². The lowest BCUT2D eigenvalue weighted by atomic mass is 10.1. The zero-order valence-electron chi connectivity index (χ0n) is 12.7. The Balaban J connectivity index is 2.07. The smallest absolute Gasteiger partial charge is 0.143 e. The molecule has 0 fully saturated rings. The molecule has 0 saturated carbocycles. The van der Waals surface area contributed by atoms with Gasteiger partial charge in [-0.1, -0.05) is 35.9 Å². The summed E-state index contributed by atoms with van der Waals surface area (Å²) < 4.78 is 33.2. The normalized spacial score (nSPS) is 12.1. The number of benzene rings is 3. The second-order valence-electron chi connectivity index (χ2n) is 5.31. The molecule has 0 amide bonds. The summed E-state index contributed by atoms with van der Waals surface area (Å²) >= 11 is 0. The van der Waals surface area contributed by atoms with Gasteiger partial charge in [0.15, 0.2) is 0 Å². The Labute approximate surface area is 138 Å². The minimum atomic E-state index is -4.56. The highest BCUT2D eigenvalue weighted by Gasteiger charge is 2.07. The van der Waals surface area contributed by atoms with E-state index < -0.39 is 10.1 Å². The van der Waals surface area contributed by atoms with E-state index in [2.05, 4.69) is 10.2 Å². The van der Waals surface area contributed by atoms with Gasteiger partial charge in [0.2, 0.25) is 0 Å². The third-order valence-electron chi connectivity index (χ3n) is 3.50. The topological polar surface area (TPSA) is 102 Å². The molecule has 6 nitrogen and oxygen atoms in total. The quantitative estimate of drug-likeness (QED) is 0.570. The van der Waals surface area contributed by atoms with E-state index in [0.29, 0.717) is 0 Å². The first kappa shape index (κ1) is 16.1. The van der Waals surface area contributed by atoms with Crippen molar-refractivity contribution in [2.24, 2.45) is 10.2 Å². The molecule has 24 heavy (non-hydrogen) atoms. The number of aromatic hydroxyl groups is 1. The van der Waals surface area contributed by atoms with Gasteiger partial charge in [-0.15, -0.1) is 5.11 Å². The second-order valence-corrected chi connectivity index (χ2v) is 6.69. The third-order valence-corrected chi connectivity index (χ3v) is 4.33. The van der Waals surface area contributed by atoms with Gasteiger partial charge in [-0.2, -0.15) is 5.11 Å². The fourth-order valence-electron chi connectivity index (χ4n) is 2.34. The number of rotatable bonds is 3. The van der Waals surface area contributed by atoms with Crippen molar-refractivity contribution in [2.75, 3.05) is 0 Å². The van der Waals surface area contributed by atoms with Crippen molar-refractivity contribution >= 4 is 32.3 Å². The van der Waals surface area contributed by atoms with Gasteiger partial charge >= 0.3 is 0 Å². The highest BCUT2D eigenvalue weighted by molar-refractivity contribution is 7.85. The minimum Gasteiger partial charge on any atom is -0.744 e. The number of hydrogen-bond acceptors (Lipinski definition) is 6. The zero-order valence-corrected chi connectivity index (χ0v) is 13.5. The maximum atomic E-state index is 11.1. The Bertz CT molecular complexity index is 1060. The summed E-state index contributed by atoms with van der Waals surface area (Å²) in [6.07, 6.45) is 0. The van der Waals surface area contributed by atoms with E-state index in [9.17, 15) is 18.1 Å². The SMILES string of the molecule is Cc1ccc2c(N=Nc3cccc(S(=O)(=O)[O-])c3)c(O)ccc2c1. The Morgan fingerprint density at radius 3 is 2.54 bits per heavy atom. The zero-order chi connectivity index (χ0) is 17.3. The number of nitrogens with zero attached hydrogens (tertiary/aromatic N) is 2. The molecule has 0 spiro atoms. The Morgan fingerprint density at radius 2 is 1.79 bits per heavy atom. The molecular formula is C17H13N2O4S-. The average Bonchev–Trinajstić information content (AvgIpc) is 2.53. The molecule has 0 saturated heterocycles. The molecule has 122 valence electrons. The van der Waals surface area contributed by atoms with Gasteiger partial charge < -0.3 is 9.66 Å². The van der Waals surface area contributed by atoms with E-state index >= 15 is 0 Å². The molecule has 1 N–H and O–H groups in total. The van der Waals surface area contributed by atoms with Crippen molar-refractivity contribution in [3.8, 4) is 5.75 Å². The van der Waals surface area contributed by atoms with Crippen molar-refractivity contribution < 1.29 is 18.1 Å². The molecule has 0 radical (unpaired) electrons. The lowest BCUT2D eigenvalue weighted by molar-refractivity contribution is 0.463. The number of fused-ring (bicyclic) bond motifs is 1. The van der Waals surface area contributed by atoms with Crippen LogP contribution in [0.3, 0.4) is 0 Å². The number of phenolic OH excluding ortho intramolecular Hbond substituents is 1. The standard InChI is InChI=1S/C17H14N2O4S/c1-11-5-7-15-12(9-11)6-8-16(20)17(15)19-18-13-3-2-4-14(10-13)24(21,22)23/h2-10,20H,1H3,(H,21,22,23)/p-1. The monoisotopic (exact) mass is 341 g/mol. The van der Waals surface area contributed by atoms with Crippen LogP contribution >= 0.6 is 0 Å². The highest BCUT2D eigenvalue weighted by Crippen LogP contribution is 2.36. The van der Waals surface area contributed by atoms with Crippen LogP contribution in [0.25, 0.3) is 10.8 Å². The fourth-order valence-corrected chi connectivity index (χ4v) is 2.85. The molecule has 0 aliphatic heterocycles. The minimum absolute atomic E-state index is 0.0392. The van der Waals surface area contributed by atoms with E-state index in [1.54, 1.807) is 6.07 Å². The molecule has 0 aromatic heterocycles. The van der Waals surface area contributed by atoms with E-state index in [0.717, 1.165) is 22.4 Å². The van der Waals surface area contributed by atoms with Crippen LogP contribution in [0.15, 0.2) is 69.7 Å². The summed E-state index contributed by atoms with van der Waals surface area (Å²) in [6, 6.07) is 14.2. The molecule has 3 rings (SSSR count). The van der Waals surface area contributed by atoms with Gasteiger partial charge in [0, 0.05) is 5.39 Å². The highest BCUT2D eigenvalue weighted by atomic mass is 32.2. The van der Waals surface area contributed by atoms with Gasteiger partial charge in [-0.05, 0) is 36.6 Å². The number of aryl methyl sites for hydroxylation is 1. The number of hydrogen-bond donors (Lipinski definition) is 1. The Hall–Kier alpha value is -2.77. The maximum absolute atomic E-state index is 11.1. The van der Waals surface area contributed by atoms with Gasteiger partial charge in [0.25, 0.3) is 0 Å². The third kappa shape index (κ3) is 3.27. The van der Waals surface area contributed by atoms with Crippen LogP contribution in [-0.4, -0.2) is 18.1 Å². The first-order chi connectivity index (χ1) is 11.3. The molecule has 3 aromatic carbocycles. The second kappa shape index (κ2) is 6.03. The summed E-state index contributed by atoms with van der Waals surface area (Å²) in [6.45, 7) is 1.96. The van der Waals surface area contributed by atoms with E-state index in [1.807, 2.05) is 25.1 Å². The van der Waals surface area contributed by atoms with Crippen LogP contribution in [0.5, 0.6) is 5.75 Å². The summed E-state index contributed by atoms with van der Waals surface area (Å²) in [7, 11) is -4.56. The lowest BCUT2D eigenvalue weighted by Crippen LogP contribution is -1.97. The lowest BCUT2D eigenvalue weighted by Gasteiger charge is -2.07. The van der Waals surface area contributed by atoms with Crippen molar-refractivity contribution in [1.29, 1.82) is 0 Å². The Morgan fingerprint density at radius 1 is 1.00 bits per heavy atom. The van der Waals surface area contributed by atoms with E-state index in [1.165, 1.54) is 24.3 Å². The summed E-state index contributed by atoms with van der Waals surface area (Å²) in [4.78, 5) is -0.378. The molecule has 0 unspecified atom stereocenters. The van der Waals surface area contributed by atoms with Crippen LogP contribution < -0.4 is 0 Å². The van der Waals surface area contributed by atoms with Gasteiger partial charge in [0.1, 0.15) is 21.6 Å². The molecule has 0 aliphatic rings. The van der Waals surface area contributed by atoms with Crippen molar-refractivity contribution in [2.45, 2.75) is 11.8 Å². The van der Waals surface area contributed by atoms with Crippen LogP contribution in [-0.2, 0) is 10.1 Å². The van der Waals surface area contributed by atoms with Crippen LogP contribution in [0.2, 0.25) is 0 Å². The summed E-state index contributed by atoms with van der Waals surface area (Å²) in [5.74, 6) is -0.0392. The average molecular weight is 341 g/mol. The molecule has 7 heteroatoms. The molecule has 3 aromatic rings. The summed E-state index contributed by atoms with van der Waals surface area (Å²) in [5, 5.41) is 19.6. The predicted molar refractivity (Wildman–Crippen MR) is 88.9 cm³/mol. The predicted octanol–water partition coefficient (Wildman–Crippen LogP) is 4.17. The van der Waals surface area contributed by atoms with E-state index in [-0.39, 0.29) is 22.0 Å². The summed E-state index contributed by atoms with van der Waals surface area (Å²) in [5.41, 5.74) is 1.56.